The Labute approximate surface area is 167 Å². The quantitative estimate of drug-likeness (QED) is 0.527. The number of para-hydroxylation sites is 1. The molecule has 0 bridgehead atoms. The van der Waals surface area contributed by atoms with Gasteiger partial charge in [0.05, 0.1) is 18.4 Å². The SMILES string of the molecule is COC1=C(c2c(-c3ccccc3)[nH]c3ccccc23)C(=O)c2ccccc2C1=O. The summed E-state index contributed by atoms with van der Waals surface area (Å²) in [6.07, 6.45) is 0. The molecular weight excluding hydrogens is 362 g/mol. The second kappa shape index (κ2) is 6.60. The highest BCUT2D eigenvalue weighted by Crippen LogP contribution is 2.41. The number of aromatic amines is 1. The molecule has 3 aromatic carbocycles. The molecule has 1 aliphatic rings. The van der Waals surface area contributed by atoms with Crippen LogP contribution < -0.4 is 0 Å². The van der Waals surface area contributed by atoms with Crippen molar-refractivity contribution in [3.05, 3.63) is 101 Å². The Kier molecular flexibility index (Phi) is 3.91. The lowest BCUT2D eigenvalue weighted by atomic mass is 9.83. The van der Waals surface area contributed by atoms with Crippen LogP contribution >= 0.6 is 0 Å². The first-order chi connectivity index (χ1) is 14.2. The van der Waals surface area contributed by atoms with Crippen LogP contribution in [0.4, 0.5) is 0 Å². The fourth-order valence-electron chi connectivity index (χ4n) is 4.00. The summed E-state index contributed by atoms with van der Waals surface area (Å²) in [5.41, 5.74) is 4.38. The van der Waals surface area contributed by atoms with Crippen LogP contribution in [-0.2, 0) is 4.74 Å². The molecule has 0 fully saturated rings. The molecule has 4 nitrogen and oxygen atoms in total. The summed E-state index contributed by atoms with van der Waals surface area (Å²) in [6, 6.07) is 24.4. The molecule has 0 aliphatic heterocycles. The van der Waals surface area contributed by atoms with Crippen molar-refractivity contribution in [2.24, 2.45) is 0 Å². The zero-order valence-corrected chi connectivity index (χ0v) is 15.7. The summed E-state index contributed by atoms with van der Waals surface area (Å²) < 4.78 is 5.50. The highest BCUT2D eigenvalue weighted by Gasteiger charge is 2.36. The molecule has 0 radical (unpaired) electrons. The maximum absolute atomic E-state index is 13.6. The van der Waals surface area contributed by atoms with Crippen LogP contribution in [0.25, 0.3) is 27.7 Å². The lowest BCUT2D eigenvalue weighted by Crippen LogP contribution is -2.22. The van der Waals surface area contributed by atoms with E-state index >= 15 is 0 Å². The van der Waals surface area contributed by atoms with Gasteiger partial charge in [0.1, 0.15) is 0 Å². The average molecular weight is 379 g/mol. The van der Waals surface area contributed by atoms with E-state index in [1.54, 1.807) is 24.3 Å². The molecule has 0 unspecified atom stereocenters. The van der Waals surface area contributed by atoms with Gasteiger partial charge in [0, 0.05) is 27.6 Å². The number of fused-ring (bicyclic) bond motifs is 2. The Morgan fingerprint density at radius 3 is 2.07 bits per heavy atom. The molecule has 0 amide bonds. The van der Waals surface area contributed by atoms with E-state index < -0.39 is 0 Å². The van der Waals surface area contributed by atoms with Crippen molar-refractivity contribution < 1.29 is 14.3 Å². The molecule has 29 heavy (non-hydrogen) atoms. The smallest absolute Gasteiger partial charge is 0.229 e. The van der Waals surface area contributed by atoms with Gasteiger partial charge in [-0.15, -0.1) is 0 Å². The van der Waals surface area contributed by atoms with Crippen LogP contribution in [0.1, 0.15) is 26.3 Å². The molecule has 5 rings (SSSR count). The van der Waals surface area contributed by atoms with E-state index in [1.807, 2.05) is 54.6 Å². The number of hydrogen-bond acceptors (Lipinski definition) is 3. The fourth-order valence-corrected chi connectivity index (χ4v) is 4.00. The number of rotatable bonds is 3. The van der Waals surface area contributed by atoms with Gasteiger partial charge in [0.2, 0.25) is 5.78 Å². The predicted octanol–water partition coefficient (Wildman–Crippen LogP) is 5.27. The minimum Gasteiger partial charge on any atom is -0.492 e. The van der Waals surface area contributed by atoms with E-state index in [-0.39, 0.29) is 17.3 Å². The minimum absolute atomic E-state index is 0.0793. The number of nitrogens with one attached hydrogen (secondary N) is 1. The molecule has 4 aromatic rings. The molecule has 0 atom stereocenters. The Morgan fingerprint density at radius 2 is 1.34 bits per heavy atom. The predicted molar refractivity (Wildman–Crippen MR) is 113 cm³/mol. The van der Waals surface area contributed by atoms with Gasteiger partial charge in [-0.05, 0) is 11.6 Å². The van der Waals surface area contributed by atoms with Gasteiger partial charge >= 0.3 is 0 Å². The summed E-state index contributed by atoms with van der Waals surface area (Å²) in [5.74, 6) is -0.406. The van der Waals surface area contributed by atoms with Gasteiger partial charge in [-0.3, -0.25) is 9.59 Å². The van der Waals surface area contributed by atoms with Crippen LogP contribution in [0.3, 0.4) is 0 Å². The number of aromatic nitrogens is 1. The Morgan fingerprint density at radius 1 is 0.724 bits per heavy atom. The standard InChI is InChI=1S/C25H17NO3/c1-29-25-21(23(27)16-11-5-6-12-17(16)24(25)28)20-18-13-7-8-14-19(18)26-22(20)15-9-3-2-4-10-15/h2-14,26H,1H3. The Hall–Kier alpha value is -3.92. The van der Waals surface area contributed by atoms with Gasteiger partial charge in [-0.2, -0.15) is 0 Å². The number of allylic oxidation sites excluding steroid dienone is 2. The molecule has 1 heterocycles. The number of methoxy groups -OCH3 is 1. The monoisotopic (exact) mass is 379 g/mol. The largest absolute Gasteiger partial charge is 0.492 e. The van der Waals surface area contributed by atoms with Crippen molar-refractivity contribution in [1.82, 2.24) is 4.98 Å². The van der Waals surface area contributed by atoms with Crippen molar-refractivity contribution in [2.45, 2.75) is 0 Å². The second-order valence-corrected chi connectivity index (χ2v) is 6.90. The number of ketones is 2. The van der Waals surface area contributed by atoms with Crippen LogP contribution in [0.2, 0.25) is 0 Å². The number of H-pyrrole nitrogens is 1. The van der Waals surface area contributed by atoms with E-state index in [9.17, 15) is 9.59 Å². The van der Waals surface area contributed by atoms with E-state index in [4.69, 9.17) is 4.74 Å². The fraction of sp³-hybridized carbons (Fsp3) is 0.0400. The second-order valence-electron chi connectivity index (χ2n) is 6.90. The molecule has 0 saturated carbocycles. The molecule has 1 aliphatic carbocycles. The van der Waals surface area contributed by atoms with Crippen LogP contribution in [0, 0.1) is 0 Å². The van der Waals surface area contributed by atoms with Crippen molar-refractivity contribution in [3.8, 4) is 11.3 Å². The van der Waals surface area contributed by atoms with Gasteiger partial charge in [0.15, 0.2) is 11.5 Å². The zero-order valence-electron chi connectivity index (χ0n) is 15.7. The maximum atomic E-state index is 13.6. The highest BCUT2D eigenvalue weighted by molar-refractivity contribution is 6.42. The Bertz CT molecular complexity index is 1310. The van der Waals surface area contributed by atoms with E-state index in [2.05, 4.69) is 4.98 Å². The third-order valence-corrected chi connectivity index (χ3v) is 5.30. The number of carbonyl (C=O) groups excluding carboxylic acids is 2. The molecule has 4 heteroatoms. The van der Waals surface area contributed by atoms with Crippen LogP contribution in [0.15, 0.2) is 84.6 Å². The Balaban J connectivity index is 1.88. The van der Waals surface area contributed by atoms with Crippen LogP contribution in [-0.4, -0.2) is 23.7 Å². The normalized spacial score (nSPS) is 13.7. The summed E-state index contributed by atoms with van der Waals surface area (Å²) in [7, 11) is 1.44. The van der Waals surface area contributed by atoms with Crippen molar-refractivity contribution >= 4 is 28.0 Å². The number of ether oxygens (including phenoxy) is 1. The zero-order chi connectivity index (χ0) is 20.0. The van der Waals surface area contributed by atoms with E-state index in [0.29, 0.717) is 22.3 Å². The number of hydrogen-bond donors (Lipinski definition) is 1. The van der Waals surface area contributed by atoms with E-state index in [1.165, 1.54) is 7.11 Å². The van der Waals surface area contributed by atoms with Gasteiger partial charge < -0.3 is 9.72 Å². The summed E-state index contributed by atoms with van der Waals surface area (Å²) >= 11 is 0. The molecule has 140 valence electrons. The maximum Gasteiger partial charge on any atom is 0.229 e. The first kappa shape index (κ1) is 17.2. The molecule has 1 aromatic heterocycles. The van der Waals surface area contributed by atoms with Crippen LogP contribution in [0.5, 0.6) is 0 Å². The highest BCUT2D eigenvalue weighted by atomic mass is 16.5. The first-order valence-corrected chi connectivity index (χ1v) is 9.34. The number of Topliss-reactive ketones (excluding diaryl/α,β-unsaturated/α-hetero) is 2. The summed E-state index contributed by atoms with van der Waals surface area (Å²) in [5, 5.41) is 0.872. The van der Waals surface area contributed by atoms with Gasteiger partial charge in [0.25, 0.3) is 0 Å². The average Bonchev–Trinajstić information content (AvgIpc) is 3.16. The third-order valence-electron chi connectivity index (χ3n) is 5.30. The molecule has 0 saturated heterocycles. The molecule has 0 spiro atoms. The number of carbonyl (C=O) groups is 2. The first-order valence-electron chi connectivity index (χ1n) is 9.34. The molecule has 1 N–H and O–H groups in total. The minimum atomic E-state index is -0.276. The molecular formula is C25H17NO3. The topological polar surface area (TPSA) is 59.2 Å². The summed E-state index contributed by atoms with van der Waals surface area (Å²) in [6.45, 7) is 0. The van der Waals surface area contributed by atoms with Gasteiger partial charge in [-0.25, -0.2) is 0 Å². The van der Waals surface area contributed by atoms with Crippen molar-refractivity contribution in [2.75, 3.05) is 7.11 Å². The summed E-state index contributed by atoms with van der Waals surface area (Å²) in [4.78, 5) is 30.1. The van der Waals surface area contributed by atoms with Crippen molar-refractivity contribution in [1.29, 1.82) is 0 Å². The lowest BCUT2D eigenvalue weighted by Gasteiger charge is -2.20. The number of benzene rings is 3. The van der Waals surface area contributed by atoms with Gasteiger partial charge in [-0.1, -0.05) is 72.8 Å². The van der Waals surface area contributed by atoms with E-state index in [0.717, 1.165) is 22.2 Å². The lowest BCUT2D eigenvalue weighted by molar-refractivity contribution is 0.0925. The van der Waals surface area contributed by atoms with Crippen molar-refractivity contribution in [3.63, 3.8) is 0 Å². The third kappa shape index (κ3) is 2.53.